The summed E-state index contributed by atoms with van der Waals surface area (Å²) in [5.74, 6) is 0. The van der Waals surface area contributed by atoms with E-state index >= 15 is 0 Å². The van der Waals surface area contributed by atoms with Crippen LogP contribution in [0, 0.1) is 0 Å². The van der Waals surface area contributed by atoms with Gasteiger partial charge in [-0.25, -0.2) is 17.9 Å². The van der Waals surface area contributed by atoms with Crippen LogP contribution < -0.4 is 5.14 Å². The topological polar surface area (TPSA) is 60.2 Å². The summed E-state index contributed by atoms with van der Waals surface area (Å²) < 4.78 is 34.9. The van der Waals surface area contributed by atoms with E-state index in [0.29, 0.717) is 12.8 Å². The predicted octanol–water partition coefficient (Wildman–Crippen LogP) is 0.946. The minimum atomic E-state index is -3.67. The van der Waals surface area contributed by atoms with Gasteiger partial charge in [0.25, 0.3) is 0 Å². The van der Waals surface area contributed by atoms with Crippen molar-refractivity contribution in [3.8, 4) is 0 Å². The molecule has 0 radical (unpaired) electrons. The Morgan fingerprint density at radius 1 is 1.17 bits per heavy atom. The van der Waals surface area contributed by atoms with E-state index in [9.17, 15) is 12.8 Å². The maximum absolute atomic E-state index is 13.1. The first-order valence-electron chi connectivity index (χ1n) is 4.17. The lowest BCUT2D eigenvalue weighted by Crippen LogP contribution is -2.35. The van der Waals surface area contributed by atoms with Crippen molar-refractivity contribution in [3.63, 3.8) is 0 Å². The molecule has 1 aliphatic rings. The molecule has 0 aliphatic heterocycles. The third-order valence-corrected chi connectivity index (χ3v) is 3.67. The van der Waals surface area contributed by atoms with E-state index in [1.165, 1.54) is 0 Å². The van der Waals surface area contributed by atoms with Crippen molar-refractivity contribution in [3.05, 3.63) is 0 Å². The summed E-state index contributed by atoms with van der Waals surface area (Å²) in [5, 5.41) is 3.94. The summed E-state index contributed by atoms with van der Waals surface area (Å²) in [6.45, 7) is 0. The molecule has 0 unspecified atom stereocenters. The van der Waals surface area contributed by atoms with E-state index in [4.69, 9.17) is 5.14 Å². The third kappa shape index (κ3) is 2.42. The molecule has 1 saturated carbocycles. The van der Waals surface area contributed by atoms with E-state index in [1.54, 1.807) is 0 Å². The molecule has 3 nitrogen and oxygen atoms in total. The van der Waals surface area contributed by atoms with Crippen LogP contribution in [0.1, 0.15) is 32.1 Å². The maximum atomic E-state index is 13.1. The number of rotatable bonds is 1. The highest BCUT2D eigenvalue weighted by Crippen LogP contribution is 2.24. The van der Waals surface area contributed by atoms with E-state index < -0.39 is 21.4 Å². The van der Waals surface area contributed by atoms with Gasteiger partial charge in [-0.15, -0.1) is 0 Å². The largest absolute Gasteiger partial charge is 0.246 e. The highest BCUT2D eigenvalue weighted by atomic mass is 32.2. The molecule has 0 spiro atoms. The molecule has 2 N–H and O–H groups in total. The van der Waals surface area contributed by atoms with Crippen LogP contribution in [0.4, 0.5) is 4.39 Å². The van der Waals surface area contributed by atoms with Crippen molar-refractivity contribution in [1.82, 2.24) is 0 Å². The number of sulfonamides is 1. The molecule has 0 heterocycles. The number of halogens is 1. The molecule has 0 bridgehead atoms. The van der Waals surface area contributed by atoms with Crippen molar-refractivity contribution in [2.75, 3.05) is 0 Å². The molecule has 0 aromatic heterocycles. The Kier molecular flexibility index (Phi) is 3.06. The Balaban J connectivity index is 2.72. The zero-order chi connectivity index (χ0) is 9.19. The van der Waals surface area contributed by atoms with Crippen LogP contribution in [0.15, 0.2) is 0 Å². The summed E-state index contributed by atoms with van der Waals surface area (Å²) >= 11 is 0. The lowest BCUT2D eigenvalue weighted by Gasteiger charge is -2.14. The SMILES string of the molecule is NS(=O)(=O)[C@@H]1CCCCC[C@@H]1F. The van der Waals surface area contributed by atoms with Crippen LogP contribution in [0.5, 0.6) is 0 Å². The lowest BCUT2D eigenvalue weighted by atomic mass is 10.2. The summed E-state index contributed by atoms with van der Waals surface area (Å²) in [4.78, 5) is 0. The highest BCUT2D eigenvalue weighted by Gasteiger charge is 2.31. The Morgan fingerprint density at radius 2 is 1.75 bits per heavy atom. The monoisotopic (exact) mass is 195 g/mol. The summed E-state index contributed by atoms with van der Waals surface area (Å²) in [7, 11) is -3.67. The first-order valence-corrected chi connectivity index (χ1v) is 5.78. The van der Waals surface area contributed by atoms with Crippen LogP contribution >= 0.6 is 0 Å². The summed E-state index contributed by atoms with van der Waals surface area (Å²) in [6.07, 6.45) is 1.89. The van der Waals surface area contributed by atoms with Crippen molar-refractivity contribution < 1.29 is 12.8 Å². The number of alkyl halides is 1. The zero-order valence-electron chi connectivity index (χ0n) is 6.87. The predicted molar refractivity (Wildman–Crippen MR) is 44.9 cm³/mol. The van der Waals surface area contributed by atoms with Crippen LogP contribution in [0.3, 0.4) is 0 Å². The van der Waals surface area contributed by atoms with Gasteiger partial charge in [0, 0.05) is 0 Å². The average Bonchev–Trinajstić information content (AvgIpc) is 2.11. The fraction of sp³-hybridized carbons (Fsp3) is 1.00. The van der Waals surface area contributed by atoms with Gasteiger partial charge in [0.05, 0.1) is 0 Å². The zero-order valence-corrected chi connectivity index (χ0v) is 7.69. The number of primary sulfonamides is 1. The summed E-state index contributed by atoms with van der Waals surface area (Å²) in [5.41, 5.74) is 0. The quantitative estimate of drug-likeness (QED) is 0.633. The van der Waals surface area contributed by atoms with Crippen LogP contribution in [-0.4, -0.2) is 19.8 Å². The van der Waals surface area contributed by atoms with Gasteiger partial charge >= 0.3 is 0 Å². The van der Waals surface area contributed by atoms with E-state index in [1.807, 2.05) is 0 Å². The van der Waals surface area contributed by atoms with Gasteiger partial charge in [0.15, 0.2) is 0 Å². The highest BCUT2D eigenvalue weighted by molar-refractivity contribution is 7.89. The minimum Gasteiger partial charge on any atom is -0.246 e. The molecule has 1 fully saturated rings. The Bertz CT molecular complexity index is 240. The minimum absolute atomic E-state index is 0.334. The fourth-order valence-electron chi connectivity index (χ4n) is 1.60. The van der Waals surface area contributed by atoms with E-state index in [0.717, 1.165) is 19.3 Å². The smallest absolute Gasteiger partial charge is 0.214 e. The Labute approximate surface area is 72.2 Å². The van der Waals surface area contributed by atoms with Crippen LogP contribution in [-0.2, 0) is 10.0 Å². The van der Waals surface area contributed by atoms with Crippen molar-refractivity contribution in [1.29, 1.82) is 0 Å². The molecular formula is C7H14FNO2S. The molecule has 0 saturated heterocycles. The maximum Gasteiger partial charge on any atom is 0.214 e. The van der Waals surface area contributed by atoms with Gasteiger partial charge in [-0.2, -0.15) is 0 Å². The van der Waals surface area contributed by atoms with Gasteiger partial charge in [-0.1, -0.05) is 19.3 Å². The van der Waals surface area contributed by atoms with E-state index in [-0.39, 0.29) is 0 Å². The molecule has 72 valence electrons. The molecule has 1 aliphatic carbocycles. The van der Waals surface area contributed by atoms with Gasteiger partial charge < -0.3 is 0 Å². The lowest BCUT2D eigenvalue weighted by molar-refractivity contribution is 0.301. The number of hydrogen-bond acceptors (Lipinski definition) is 2. The van der Waals surface area contributed by atoms with Crippen molar-refractivity contribution >= 4 is 10.0 Å². The fourth-order valence-corrected chi connectivity index (χ4v) is 2.64. The third-order valence-electron chi connectivity index (χ3n) is 2.29. The summed E-state index contributed by atoms with van der Waals surface area (Å²) in [6, 6.07) is 0. The molecule has 0 aromatic carbocycles. The van der Waals surface area contributed by atoms with Gasteiger partial charge in [0.1, 0.15) is 11.4 Å². The average molecular weight is 195 g/mol. The normalized spacial score (nSPS) is 32.8. The van der Waals surface area contributed by atoms with Gasteiger partial charge in [0.2, 0.25) is 10.0 Å². The Morgan fingerprint density at radius 3 is 2.33 bits per heavy atom. The second-order valence-electron chi connectivity index (χ2n) is 3.28. The first-order chi connectivity index (χ1) is 5.52. The molecule has 5 heteroatoms. The Hall–Kier alpha value is -0.160. The van der Waals surface area contributed by atoms with Crippen LogP contribution in [0.25, 0.3) is 0 Å². The molecule has 1 rings (SSSR count). The first kappa shape index (κ1) is 9.92. The molecule has 0 amide bonds. The second-order valence-corrected chi connectivity index (χ2v) is 5.07. The number of hydrogen-bond donors (Lipinski definition) is 1. The number of nitrogens with two attached hydrogens (primary N) is 1. The van der Waals surface area contributed by atoms with E-state index in [2.05, 4.69) is 0 Å². The standard InChI is InChI=1S/C7H14FNO2S/c8-6-4-2-1-3-5-7(6)12(9,10)11/h6-7H,1-5H2,(H2,9,10,11)/t6-,7+/m0/s1. The molecule has 12 heavy (non-hydrogen) atoms. The molecular weight excluding hydrogens is 181 g/mol. The molecule has 0 aromatic rings. The van der Waals surface area contributed by atoms with Crippen molar-refractivity contribution in [2.45, 2.75) is 43.5 Å². The van der Waals surface area contributed by atoms with Gasteiger partial charge in [-0.3, -0.25) is 0 Å². The second kappa shape index (κ2) is 3.70. The van der Waals surface area contributed by atoms with Gasteiger partial charge in [-0.05, 0) is 12.8 Å². The van der Waals surface area contributed by atoms with Crippen molar-refractivity contribution in [2.24, 2.45) is 5.14 Å². The molecule has 2 atom stereocenters. The van der Waals surface area contributed by atoms with Crippen LogP contribution in [0.2, 0.25) is 0 Å².